The zero-order valence-corrected chi connectivity index (χ0v) is 13.0. The monoisotopic (exact) mass is 297 g/mol. The summed E-state index contributed by atoms with van der Waals surface area (Å²) in [5, 5.41) is 11.2. The molecule has 1 aliphatic carbocycles. The quantitative estimate of drug-likeness (QED) is 0.944. The first-order chi connectivity index (χ1) is 10.5. The molecule has 1 heterocycles. The summed E-state index contributed by atoms with van der Waals surface area (Å²) in [6.07, 6.45) is 3.09. The van der Waals surface area contributed by atoms with Crippen molar-refractivity contribution in [2.45, 2.75) is 26.7 Å². The van der Waals surface area contributed by atoms with Gasteiger partial charge < -0.3 is 4.74 Å². The summed E-state index contributed by atoms with van der Waals surface area (Å²) in [5.74, 6) is 0.942. The van der Waals surface area contributed by atoms with Crippen LogP contribution in [0, 0.1) is 5.41 Å². The molecular weight excluding hydrogens is 278 g/mol. The van der Waals surface area contributed by atoms with Gasteiger partial charge in [-0.1, -0.05) is 13.8 Å². The number of carbonyl (C=O) groups is 1. The fourth-order valence-corrected chi connectivity index (χ4v) is 2.90. The van der Waals surface area contributed by atoms with E-state index in [0.29, 0.717) is 6.42 Å². The van der Waals surface area contributed by atoms with Gasteiger partial charge in [0, 0.05) is 12.0 Å². The Kier molecular flexibility index (Phi) is 3.56. The molecule has 5 heteroatoms. The van der Waals surface area contributed by atoms with Gasteiger partial charge in [-0.2, -0.15) is 15.4 Å². The number of methoxy groups -OCH3 is 1. The highest BCUT2D eigenvalue weighted by Gasteiger charge is 2.30. The molecule has 1 aromatic carbocycles. The van der Waals surface area contributed by atoms with Crippen LogP contribution in [0.25, 0.3) is 16.8 Å². The van der Waals surface area contributed by atoms with Crippen molar-refractivity contribution in [1.82, 2.24) is 15.4 Å². The molecule has 114 valence electrons. The zero-order chi connectivity index (χ0) is 15.7. The van der Waals surface area contributed by atoms with Crippen LogP contribution in [-0.4, -0.2) is 28.3 Å². The normalized spacial score (nSPS) is 17.2. The van der Waals surface area contributed by atoms with Gasteiger partial charge in [0.15, 0.2) is 5.78 Å². The van der Waals surface area contributed by atoms with Gasteiger partial charge in [-0.15, -0.1) is 0 Å². The number of H-pyrrole nitrogens is 1. The summed E-state index contributed by atoms with van der Waals surface area (Å²) < 4.78 is 5.17. The fraction of sp³-hybridized carbons (Fsp3) is 0.353. The smallest absolute Gasteiger partial charge is 0.156 e. The maximum absolute atomic E-state index is 12.0. The fourth-order valence-electron chi connectivity index (χ4n) is 2.90. The highest BCUT2D eigenvalue weighted by Crippen LogP contribution is 2.39. The Morgan fingerprint density at radius 3 is 2.41 bits per heavy atom. The number of hydrogen-bond acceptors (Lipinski definition) is 4. The maximum Gasteiger partial charge on any atom is 0.156 e. The minimum Gasteiger partial charge on any atom is -0.497 e. The average Bonchev–Trinajstić information content (AvgIpc) is 2.94. The zero-order valence-electron chi connectivity index (χ0n) is 13.0. The largest absolute Gasteiger partial charge is 0.497 e. The van der Waals surface area contributed by atoms with Gasteiger partial charge in [-0.3, -0.25) is 4.79 Å². The average molecular weight is 297 g/mol. The van der Waals surface area contributed by atoms with E-state index < -0.39 is 0 Å². The SMILES string of the molecule is COc1ccc(-c2n[nH]nc2C2=CC(=O)CC(C)(C)C2)cc1. The molecule has 0 bridgehead atoms. The Hall–Kier alpha value is -2.43. The predicted octanol–water partition coefficient (Wildman–Crippen LogP) is 3.25. The molecule has 0 radical (unpaired) electrons. The molecule has 1 aliphatic rings. The standard InChI is InChI=1S/C17H19N3O2/c1-17(2)9-12(8-13(21)10-17)16-15(18-20-19-16)11-4-6-14(22-3)7-5-11/h4-8H,9-10H2,1-3H3,(H,18,19,20). The Morgan fingerprint density at radius 1 is 1.09 bits per heavy atom. The van der Waals surface area contributed by atoms with E-state index in [1.807, 2.05) is 24.3 Å². The molecule has 3 rings (SSSR count). The van der Waals surface area contributed by atoms with E-state index in [4.69, 9.17) is 4.74 Å². The Balaban J connectivity index is 2.00. The molecule has 22 heavy (non-hydrogen) atoms. The predicted molar refractivity (Wildman–Crippen MR) is 84.4 cm³/mol. The first-order valence-electron chi connectivity index (χ1n) is 7.27. The van der Waals surface area contributed by atoms with E-state index in [-0.39, 0.29) is 11.2 Å². The van der Waals surface area contributed by atoms with Crippen LogP contribution in [0.15, 0.2) is 30.3 Å². The lowest BCUT2D eigenvalue weighted by Gasteiger charge is -2.28. The minimum absolute atomic E-state index is 0.0444. The van der Waals surface area contributed by atoms with Crippen LogP contribution in [0.5, 0.6) is 5.75 Å². The molecular formula is C17H19N3O2. The van der Waals surface area contributed by atoms with Gasteiger partial charge >= 0.3 is 0 Å². The Labute approximate surface area is 129 Å². The van der Waals surface area contributed by atoms with Gasteiger partial charge in [0.1, 0.15) is 17.1 Å². The number of aromatic nitrogens is 3. The van der Waals surface area contributed by atoms with Gasteiger partial charge in [0.05, 0.1) is 7.11 Å². The summed E-state index contributed by atoms with van der Waals surface area (Å²) in [5.41, 5.74) is 3.37. The number of allylic oxidation sites excluding steroid dienone is 2. The molecule has 5 nitrogen and oxygen atoms in total. The molecule has 0 saturated carbocycles. The van der Waals surface area contributed by atoms with Crippen molar-refractivity contribution in [2.75, 3.05) is 7.11 Å². The molecule has 1 N–H and O–H groups in total. The van der Waals surface area contributed by atoms with Crippen LogP contribution in [0.3, 0.4) is 0 Å². The Morgan fingerprint density at radius 2 is 1.77 bits per heavy atom. The number of nitrogens with zero attached hydrogens (tertiary/aromatic N) is 2. The van der Waals surface area contributed by atoms with E-state index in [1.165, 1.54) is 0 Å². The summed E-state index contributed by atoms with van der Waals surface area (Å²) in [4.78, 5) is 12.0. The van der Waals surface area contributed by atoms with Crippen LogP contribution in [-0.2, 0) is 4.79 Å². The lowest BCUT2D eigenvalue weighted by molar-refractivity contribution is -0.116. The molecule has 0 spiro atoms. The molecule has 0 fully saturated rings. The maximum atomic E-state index is 12.0. The number of carbonyl (C=O) groups excluding carboxylic acids is 1. The second-order valence-electron chi connectivity index (χ2n) is 6.40. The Bertz CT molecular complexity index is 727. The number of nitrogens with one attached hydrogen (secondary N) is 1. The van der Waals surface area contributed by atoms with Crippen LogP contribution in [0.1, 0.15) is 32.4 Å². The van der Waals surface area contributed by atoms with Gasteiger partial charge in [-0.05, 0) is 47.8 Å². The topological polar surface area (TPSA) is 67.9 Å². The number of ether oxygens (including phenoxy) is 1. The number of hydrogen-bond donors (Lipinski definition) is 1. The number of rotatable bonds is 3. The first kappa shape index (κ1) is 14.5. The van der Waals surface area contributed by atoms with Crippen LogP contribution < -0.4 is 4.74 Å². The van der Waals surface area contributed by atoms with Gasteiger partial charge in [0.2, 0.25) is 0 Å². The van der Waals surface area contributed by atoms with Crippen molar-refractivity contribution >= 4 is 11.4 Å². The molecule has 0 unspecified atom stereocenters. The highest BCUT2D eigenvalue weighted by molar-refractivity contribution is 5.99. The molecule has 0 amide bonds. The lowest BCUT2D eigenvalue weighted by Crippen LogP contribution is -2.21. The van der Waals surface area contributed by atoms with E-state index in [1.54, 1.807) is 13.2 Å². The highest BCUT2D eigenvalue weighted by atomic mass is 16.5. The van der Waals surface area contributed by atoms with E-state index in [0.717, 1.165) is 34.7 Å². The summed E-state index contributed by atoms with van der Waals surface area (Å²) in [6.45, 7) is 4.20. The van der Waals surface area contributed by atoms with Gasteiger partial charge in [-0.25, -0.2) is 0 Å². The number of benzene rings is 1. The van der Waals surface area contributed by atoms with Crippen molar-refractivity contribution < 1.29 is 9.53 Å². The first-order valence-corrected chi connectivity index (χ1v) is 7.27. The molecule has 0 aliphatic heterocycles. The van der Waals surface area contributed by atoms with E-state index in [9.17, 15) is 4.79 Å². The van der Waals surface area contributed by atoms with Crippen molar-refractivity contribution in [3.8, 4) is 17.0 Å². The van der Waals surface area contributed by atoms with Crippen LogP contribution in [0.2, 0.25) is 0 Å². The molecule has 1 aromatic heterocycles. The van der Waals surface area contributed by atoms with Crippen molar-refractivity contribution in [1.29, 1.82) is 0 Å². The number of aromatic amines is 1. The third-order valence-corrected chi connectivity index (χ3v) is 3.87. The summed E-state index contributed by atoms with van der Waals surface area (Å²) >= 11 is 0. The third kappa shape index (κ3) is 2.79. The van der Waals surface area contributed by atoms with Crippen molar-refractivity contribution in [3.05, 3.63) is 36.0 Å². The third-order valence-electron chi connectivity index (χ3n) is 3.87. The summed E-state index contributed by atoms with van der Waals surface area (Å²) in [6, 6.07) is 7.66. The summed E-state index contributed by atoms with van der Waals surface area (Å²) in [7, 11) is 1.64. The lowest BCUT2D eigenvalue weighted by atomic mass is 9.75. The van der Waals surface area contributed by atoms with Crippen molar-refractivity contribution in [2.24, 2.45) is 5.41 Å². The molecule has 0 atom stereocenters. The van der Waals surface area contributed by atoms with E-state index >= 15 is 0 Å². The molecule has 0 saturated heterocycles. The van der Waals surface area contributed by atoms with Crippen molar-refractivity contribution in [3.63, 3.8) is 0 Å². The van der Waals surface area contributed by atoms with Gasteiger partial charge in [0.25, 0.3) is 0 Å². The molecule has 2 aromatic rings. The van der Waals surface area contributed by atoms with Crippen LogP contribution >= 0.6 is 0 Å². The second kappa shape index (κ2) is 5.40. The second-order valence-corrected chi connectivity index (χ2v) is 6.40. The van der Waals surface area contributed by atoms with E-state index in [2.05, 4.69) is 29.3 Å². The minimum atomic E-state index is -0.0444. The number of ketones is 1. The van der Waals surface area contributed by atoms with Crippen LogP contribution in [0.4, 0.5) is 0 Å².